The Balaban J connectivity index is -0.000000861. The van der Waals surface area contributed by atoms with Crippen LogP contribution in [0.5, 0.6) is 0 Å². The summed E-state index contributed by atoms with van der Waals surface area (Å²) in [5.41, 5.74) is 0. The quantitative estimate of drug-likeness (QED) is 0.0415. The molecule has 0 rings (SSSR count). The molecule has 9 heteroatoms. The molecule has 3 N–H and O–H groups in total. The van der Waals surface area contributed by atoms with Crippen molar-refractivity contribution in [2.75, 3.05) is 81.6 Å². The number of likely N-dealkylation sites (N-methyl/N-ethyl adjacent to an activating group) is 3. The molecular formula is C54H114N3O6+3. The van der Waals surface area contributed by atoms with Crippen molar-refractivity contribution < 1.29 is 43.2 Å². The average Bonchev–Trinajstić information content (AvgIpc) is 3.18. The van der Waals surface area contributed by atoms with E-state index in [9.17, 15) is 14.4 Å². The molecule has 0 aliphatic rings. The largest absolute Gasteiger partial charge is 0.477 e. The molecule has 0 amide bonds. The number of aliphatic carboxylic acids is 3. The van der Waals surface area contributed by atoms with E-state index in [1.807, 2.05) is 42.3 Å². The second-order valence-electron chi connectivity index (χ2n) is 21.3. The molecule has 0 heterocycles. The lowest BCUT2D eigenvalue weighted by molar-refractivity contribution is -0.883. The van der Waals surface area contributed by atoms with Gasteiger partial charge in [-0.15, -0.1) is 0 Å². The molecule has 0 radical (unpaired) electrons. The first-order valence-electron chi connectivity index (χ1n) is 27.0. The zero-order chi connectivity index (χ0) is 47.9. The van der Waals surface area contributed by atoms with Gasteiger partial charge in [0.1, 0.15) is 0 Å². The third-order valence-electron chi connectivity index (χ3n) is 12.5. The van der Waals surface area contributed by atoms with Crippen LogP contribution in [0.25, 0.3) is 0 Å². The summed E-state index contributed by atoms with van der Waals surface area (Å²) in [6.07, 6.45) is 48.7. The lowest BCUT2D eigenvalue weighted by Gasteiger charge is -2.27. The highest BCUT2D eigenvalue weighted by atomic mass is 16.4. The number of carboxylic acid groups (broad SMARTS) is 3. The summed E-state index contributed by atoms with van der Waals surface area (Å²) in [4.78, 5) is 32.1. The number of hydrogen-bond donors (Lipinski definition) is 3. The molecule has 63 heavy (non-hydrogen) atoms. The minimum absolute atomic E-state index is 0.234. The topological polar surface area (TPSA) is 112 Å². The number of carbonyl (C=O) groups is 3. The van der Waals surface area contributed by atoms with Gasteiger partial charge in [0.05, 0.1) is 61.9 Å². The van der Waals surface area contributed by atoms with Crippen molar-refractivity contribution in [3.63, 3.8) is 0 Å². The molecule has 0 saturated carbocycles. The molecule has 0 atom stereocenters. The van der Waals surface area contributed by atoms with Crippen LogP contribution in [0.2, 0.25) is 0 Å². The van der Waals surface area contributed by atoms with Gasteiger partial charge in [0.15, 0.2) is 19.6 Å². The van der Waals surface area contributed by atoms with E-state index >= 15 is 0 Å². The number of unbranched alkanes of at least 4 members (excludes halogenated alkanes) is 33. The summed E-state index contributed by atoms with van der Waals surface area (Å²) in [6, 6.07) is 0. The summed E-state index contributed by atoms with van der Waals surface area (Å²) >= 11 is 0. The molecule has 0 saturated heterocycles. The first-order chi connectivity index (χ1) is 29.9. The van der Waals surface area contributed by atoms with Crippen LogP contribution < -0.4 is 0 Å². The molecule has 0 aromatic carbocycles. The molecule has 0 bridgehead atoms. The van der Waals surface area contributed by atoms with E-state index in [2.05, 4.69) is 20.8 Å². The Kier molecular flexibility index (Phi) is 48.7. The number of quaternary nitrogens is 3. The maximum atomic E-state index is 10.7. The Hall–Kier alpha value is -1.71. The number of nitrogens with zero attached hydrogens (tertiary/aromatic N) is 3. The maximum Gasteiger partial charge on any atom is 0.359 e. The average molecular weight is 902 g/mol. The van der Waals surface area contributed by atoms with E-state index in [4.69, 9.17) is 15.3 Å². The molecule has 0 aliphatic carbocycles. The lowest BCUT2D eigenvalue weighted by Crippen LogP contribution is -2.44. The number of hydrogen-bond acceptors (Lipinski definition) is 3. The third-order valence-corrected chi connectivity index (χ3v) is 12.5. The fourth-order valence-corrected chi connectivity index (χ4v) is 8.48. The van der Waals surface area contributed by atoms with E-state index in [1.54, 1.807) is 0 Å². The third kappa shape index (κ3) is 60.3. The Morgan fingerprint density at radius 3 is 0.508 bits per heavy atom. The van der Waals surface area contributed by atoms with Crippen molar-refractivity contribution in [2.24, 2.45) is 0 Å². The van der Waals surface area contributed by atoms with Crippen molar-refractivity contribution in [1.82, 2.24) is 0 Å². The van der Waals surface area contributed by atoms with Crippen LogP contribution in [0, 0.1) is 0 Å². The fourth-order valence-electron chi connectivity index (χ4n) is 8.48. The summed E-state index contributed by atoms with van der Waals surface area (Å²) in [7, 11) is 12.0. The van der Waals surface area contributed by atoms with Crippen molar-refractivity contribution >= 4 is 17.9 Å². The Labute approximate surface area is 393 Å². The molecule has 378 valence electrons. The van der Waals surface area contributed by atoms with E-state index < -0.39 is 17.9 Å². The summed E-state index contributed by atoms with van der Waals surface area (Å²) in [6.45, 7) is 10.4. The van der Waals surface area contributed by atoms with Gasteiger partial charge in [-0.3, -0.25) is 0 Å². The zero-order valence-corrected chi connectivity index (χ0v) is 44.1. The van der Waals surface area contributed by atoms with Gasteiger partial charge in [0.25, 0.3) is 0 Å². The normalized spacial score (nSPS) is 11.8. The Morgan fingerprint density at radius 1 is 0.254 bits per heavy atom. The fraction of sp³-hybridized carbons (Fsp3) is 0.944. The highest BCUT2D eigenvalue weighted by Crippen LogP contribution is 2.16. The zero-order valence-electron chi connectivity index (χ0n) is 44.1. The Bertz CT molecular complexity index is 1000. The molecule has 0 aliphatic heterocycles. The summed E-state index contributed by atoms with van der Waals surface area (Å²) < 4.78 is 1.81. The molecule has 9 nitrogen and oxygen atoms in total. The van der Waals surface area contributed by atoms with Crippen molar-refractivity contribution in [2.45, 2.75) is 252 Å². The highest BCUT2D eigenvalue weighted by Gasteiger charge is 2.20. The second kappa shape index (κ2) is 46.8. The van der Waals surface area contributed by atoms with Crippen LogP contribution in [0.1, 0.15) is 252 Å². The monoisotopic (exact) mass is 901 g/mol. The van der Waals surface area contributed by atoms with Gasteiger partial charge in [-0.05, 0) is 38.5 Å². The first-order valence-corrected chi connectivity index (χ1v) is 27.0. The maximum absolute atomic E-state index is 10.7. The summed E-state index contributed by atoms with van der Waals surface area (Å²) in [5.74, 6) is -2.09. The minimum Gasteiger partial charge on any atom is -0.477 e. The van der Waals surface area contributed by atoms with Crippen molar-refractivity contribution in [3.05, 3.63) is 0 Å². The van der Waals surface area contributed by atoms with Crippen LogP contribution in [0.3, 0.4) is 0 Å². The van der Waals surface area contributed by atoms with E-state index in [0.29, 0.717) is 13.4 Å². The van der Waals surface area contributed by atoms with Gasteiger partial charge in [0, 0.05) is 0 Å². The highest BCUT2D eigenvalue weighted by molar-refractivity contribution is 5.68. The van der Waals surface area contributed by atoms with Crippen LogP contribution in [-0.2, 0) is 14.4 Å². The smallest absolute Gasteiger partial charge is 0.359 e. The van der Waals surface area contributed by atoms with Gasteiger partial charge < -0.3 is 28.8 Å². The molecule has 0 aromatic rings. The first kappa shape index (κ1) is 65.6. The second-order valence-corrected chi connectivity index (χ2v) is 21.3. The molecular weight excluding hydrogens is 787 g/mol. The van der Waals surface area contributed by atoms with Gasteiger partial charge in [-0.2, -0.15) is 0 Å². The van der Waals surface area contributed by atoms with Gasteiger partial charge in [-0.1, -0.05) is 213 Å². The van der Waals surface area contributed by atoms with E-state index in [0.717, 1.165) is 38.9 Å². The van der Waals surface area contributed by atoms with Crippen LogP contribution in [0.15, 0.2) is 0 Å². The van der Waals surface area contributed by atoms with E-state index in [-0.39, 0.29) is 19.6 Å². The minimum atomic E-state index is -0.697. The molecule has 0 unspecified atom stereocenters. The van der Waals surface area contributed by atoms with Crippen LogP contribution in [-0.4, -0.2) is 128 Å². The summed E-state index contributed by atoms with van der Waals surface area (Å²) in [5, 5.41) is 26.5. The predicted octanol–water partition coefficient (Wildman–Crippen LogP) is 14.5. The predicted molar refractivity (Wildman–Crippen MR) is 272 cm³/mol. The van der Waals surface area contributed by atoms with Gasteiger partial charge in [0.2, 0.25) is 0 Å². The van der Waals surface area contributed by atoms with Crippen molar-refractivity contribution in [3.8, 4) is 0 Å². The Morgan fingerprint density at radius 2 is 0.381 bits per heavy atom. The van der Waals surface area contributed by atoms with E-state index in [1.165, 1.54) is 212 Å². The molecule has 0 spiro atoms. The van der Waals surface area contributed by atoms with Gasteiger partial charge in [-0.25, -0.2) is 14.4 Å². The standard InChI is InChI=1S/C20H41NO2.C18H37NO2.C16H33NO2/c1-4-5-6-7-8-9-10-11-12-13-14-15-16-17-18-21(2,3)19-20(22)23;1-4-5-6-7-8-9-10-11-12-13-14-15-16-19(2,3)17-18(20)21;1-4-5-6-7-8-9-10-11-12-13-14-17(2,3)15-16(18)19/h4-19H2,1-3H3;4-17H2,1-3H3;4-15H2,1-3H3/p+3. The number of carboxylic acids is 3. The van der Waals surface area contributed by atoms with Crippen molar-refractivity contribution in [1.29, 1.82) is 0 Å². The SMILES string of the molecule is CCCCCCCCCCCCCCCC[N+](C)(C)CC(=O)O.CCCCCCCCCCCCCC[N+](C)(C)CC(=O)O.CCCCCCCCCCCC[N+](C)(C)CC(=O)O. The number of rotatable bonds is 45. The van der Waals surface area contributed by atoms with Gasteiger partial charge >= 0.3 is 17.9 Å². The van der Waals surface area contributed by atoms with Crippen LogP contribution in [0.4, 0.5) is 0 Å². The lowest BCUT2D eigenvalue weighted by atomic mass is 10.0. The van der Waals surface area contributed by atoms with Crippen LogP contribution >= 0.6 is 0 Å². The molecule has 0 fully saturated rings. The molecule has 0 aromatic heterocycles.